The zero-order valence-electron chi connectivity index (χ0n) is 13.1. The Labute approximate surface area is 151 Å². The van der Waals surface area contributed by atoms with Gasteiger partial charge in [-0.1, -0.05) is 17.7 Å². The van der Waals surface area contributed by atoms with Gasteiger partial charge in [0.15, 0.2) is 13.2 Å². The molecule has 1 N–H and O–H groups in total. The molecule has 2 aromatic rings. The molecule has 0 aliphatic rings. The number of nitrogens with one attached hydrogen (secondary N) is 1. The summed E-state index contributed by atoms with van der Waals surface area (Å²) in [6.45, 7) is -1.22. The van der Waals surface area contributed by atoms with E-state index in [0.717, 1.165) is 12.1 Å². The molecule has 8 nitrogen and oxygen atoms in total. The highest BCUT2D eigenvalue weighted by molar-refractivity contribution is 6.31. The lowest BCUT2D eigenvalue weighted by molar-refractivity contribution is -0.383. The van der Waals surface area contributed by atoms with Crippen LogP contribution in [0, 0.1) is 15.9 Å². The topological polar surface area (TPSA) is 108 Å². The van der Waals surface area contributed by atoms with E-state index >= 15 is 0 Å². The fourth-order valence-electron chi connectivity index (χ4n) is 1.84. The molecule has 0 fully saturated rings. The number of halogens is 2. The van der Waals surface area contributed by atoms with E-state index in [-0.39, 0.29) is 22.1 Å². The molecular weight excluding hydrogens is 371 g/mol. The van der Waals surface area contributed by atoms with Crippen LogP contribution in [0.4, 0.5) is 15.8 Å². The predicted molar refractivity (Wildman–Crippen MR) is 89.6 cm³/mol. The molecule has 0 aromatic heterocycles. The molecule has 26 heavy (non-hydrogen) atoms. The summed E-state index contributed by atoms with van der Waals surface area (Å²) in [5.74, 6) is -2.07. The van der Waals surface area contributed by atoms with Gasteiger partial charge < -0.3 is 14.8 Å². The number of nitrogens with zero attached hydrogens (tertiary/aromatic N) is 1. The molecular formula is C16H12ClFN2O6. The van der Waals surface area contributed by atoms with Crippen LogP contribution in [0.25, 0.3) is 0 Å². The average molecular weight is 383 g/mol. The van der Waals surface area contributed by atoms with Gasteiger partial charge >= 0.3 is 5.97 Å². The van der Waals surface area contributed by atoms with E-state index in [1.165, 1.54) is 30.3 Å². The van der Waals surface area contributed by atoms with Crippen molar-refractivity contribution in [2.45, 2.75) is 0 Å². The first kappa shape index (κ1) is 19.1. The largest absolute Gasteiger partial charge is 0.482 e. The number of benzene rings is 2. The van der Waals surface area contributed by atoms with E-state index in [4.69, 9.17) is 16.3 Å². The fourth-order valence-corrected chi connectivity index (χ4v) is 2.01. The average Bonchev–Trinajstić information content (AvgIpc) is 2.58. The molecule has 0 atom stereocenters. The molecule has 0 radical (unpaired) electrons. The molecule has 1 amide bonds. The van der Waals surface area contributed by atoms with Gasteiger partial charge in [-0.3, -0.25) is 14.9 Å². The van der Waals surface area contributed by atoms with Gasteiger partial charge in [0.1, 0.15) is 17.3 Å². The van der Waals surface area contributed by atoms with Gasteiger partial charge in [-0.25, -0.2) is 9.18 Å². The maximum Gasteiger partial charge on any atom is 0.344 e. The summed E-state index contributed by atoms with van der Waals surface area (Å²) in [4.78, 5) is 33.5. The summed E-state index contributed by atoms with van der Waals surface area (Å²) in [5, 5.41) is 13.3. The molecule has 0 aliphatic heterocycles. The minimum absolute atomic E-state index is 0.125. The first-order chi connectivity index (χ1) is 12.3. The molecule has 136 valence electrons. The molecule has 0 heterocycles. The highest BCUT2D eigenvalue weighted by Crippen LogP contribution is 2.27. The van der Waals surface area contributed by atoms with Gasteiger partial charge in [-0.2, -0.15) is 0 Å². The van der Waals surface area contributed by atoms with Crippen molar-refractivity contribution >= 4 is 34.9 Å². The quantitative estimate of drug-likeness (QED) is 0.448. The summed E-state index contributed by atoms with van der Waals surface area (Å²) in [6.07, 6.45) is 0. The fraction of sp³-hybridized carbons (Fsp3) is 0.125. The van der Waals surface area contributed by atoms with Crippen molar-refractivity contribution in [2.75, 3.05) is 18.5 Å². The first-order valence-electron chi connectivity index (χ1n) is 7.13. The van der Waals surface area contributed by atoms with Crippen LogP contribution in [0.15, 0.2) is 42.5 Å². The Kier molecular flexibility index (Phi) is 6.45. The molecule has 0 saturated carbocycles. The number of esters is 1. The van der Waals surface area contributed by atoms with Gasteiger partial charge in [-0.15, -0.1) is 0 Å². The van der Waals surface area contributed by atoms with Crippen molar-refractivity contribution in [1.82, 2.24) is 0 Å². The van der Waals surface area contributed by atoms with Crippen molar-refractivity contribution < 1.29 is 28.4 Å². The van der Waals surface area contributed by atoms with E-state index < -0.39 is 35.8 Å². The van der Waals surface area contributed by atoms with Crippen LogP contribution in [0.1, 0.15) is 0 Å². The smallest absolute Gasteiger partial charge is 0.344 e. The third kappa shape index (κ3) is 5.71. The number of ether oxygens (including phenoxy) is 2. The zero-order chi connectivity index (χ0) is 19.1. The number of carbonyl (C=O) groups excluding carboxylic acids is 2. The second-order valence-corrected chi connectivity index (χ2v) is 5.31. The summed E-state index contributed by atoms with van der Waals surface area (Å²) in [7, 11) is 0. The van der Waals surface area contributed by atoms with Gasteiger partial charge in [-0.05, 0) is 24.3 Å². The Morgan fingerprint density at radius 2 is 1.96 bits per heavy atom. The minimum atomic E-state index is -0.870. The minimum Gasteiger partial charge on any atom is -0.482 e. The molecule has 0 saturated heterocycles. The lowest BCUT2D eigenvalue weighted by Crippen LogP contribution is -2.24. The van der Waals surface area contributed by atoms with Crippen molar-refractivity contribution in [2.24, 2.45) is 0 Å². The number of nitro groups is 1. The first-order valence-corrected chi connectivity index (χ1v) is 7.51. The molecule has 0 aliphatic carbocycles. The lowest BCUT2D eigenvalue weighted by atomic mass is 10.2. The number of hydrogen-bond donors (Lipinski definition) is 1. The van der Waals surface area contributed by atoms with Gasteiger partial charge in [0, 0.05) is 17.2 Å². The van der Waals surface area contributed by atoms with Crippen molar-refractivity contribution in [1.29, 1.82) is 0 Å². The summed E-state index contributed by atoms with van der Waals surface area (Å²) >= 11 is 5.74. The molecule has 0 unspecified atom stereocenters. The summed E-state index contributed by atoms with van der Waals surface area (Å²) in [5.41, 5.74) is -0.483. The number of amides is 1. The van der Waals surface area contributed by atoms with E-state index in [2.05, 4.69) is 10.1 Å². The monoisotopic (exact) mass is 382 g/mol. The Morgan fingerprint density at radius 3 is 2.65 bits per heavy atom. The van der Waals surface area contributed by atoms with Crippen LogP contribution in [0.2, 0.25) is 5.02 Å². The second-order valence-electron chi connectivity index (χ2n) is 4.87. The highest BCUT2D eigenvalue weighted by atomic mass is 35.5. The van der Waals surface area contributed by atoms with Crippen LogP contribution in [-0.2, 0) is 14.3 Å². The van der Waals surface area contributed by atoms with Crippen LogP contribution in [-0.4, -0.2) is 30.0 Å². The van der Waals surface area contributed by atoms with Crippen LogP contribution in [0.5, 0.6) is 5.75 Å². The number of rotatable bonds is 7. The standard InChI is InChI=1S/C16H12ClFN2O6/c17-10-4-5-14(20(23)24)13(6-10)19-15(21)8-26-16(22)9-25-12-3-1-2-11(18)7-12/h1-7H,8-9H2,(H,19,21). The van der Waals surface area contributed by atoms with E-state index in [1.54, 1.807) is 0 Å². The lowest BCUT2D eigenvalue weighted by Gasteiger charge is -2.08. The Balaban J connectivity index is 1.84. The maximum absolute atomic E-state index is 13.0. The summed E-state index contributed by atoms with van der Waals surface area (Å²) in [6, 6.07) is 8.79. The van der Waals surface area contributed by atoms with Crippen LogP contribution in [0.3, 0.4) is 0 Å². The molecule has 2 rings (SSSR count). The normalized spacial score (nSPS) is 10.1. The molecule has 0 bridgehead atoms. The third-order valence-electron chi connectivity index (χ3n) is 2.95. The number of carbonyl (C=O) groups is 2. The summed E-state index contributed by atoms with van der Waals surface area (Å²) < 4.78 is 22.7. The van der Waals surface area contributed by atoms with Crippen molar-refractivity contribution in [3.63, 3.8) is 0 Å². The number of anilines is 1. The third-order valence-corrected chi connectivity index (χ3v) is 3.18. The number of hydrogen-bond acceptors (Lipinski definition) is 6. The van der Waals surface area contributed by atoms with Crippen LogP contribution < -0.4 is 10.1 Å². The molecule has 2 aromatic carbocycles. The molecule has 0 spiro atoms. The SMILES string of the molecule is O=C(COC(=O)COc1cccc(F)c1)Nc1cc(Cl)ccc1[N+](=O)[O-]. The maximum atomic E-state index is 13.0. The molecule has 10 heteroatoms. The van der Waals surface area contributed by atoms with Gasteiger partial charge in [0.05, 0.1) is 4.92 Å². The predicted octanol–water partition coefficient (Wildman–Crippen LogP) is 2.95. The number of nitro benzene ring substituents is 1. The van der Waals surface area contributed by atoms with Gasteiger partial charge in [0.25, 0.3) is 11.6 Å². The van der Waals surface area contributed by atoms with E-state index in [1.807, 2.05) is 0 Å². The Hall–Kier alpha value is -3.20. The zero-order valence-corrected chi connectivity index (χ0v) is 13.9. The van der Waals surface area contributed by atoms with Crippen LogP contribution >= 0.6 is 11.6 Å². The Bertz CT molecular complexity index is 845. The van der Waals surface area contributed by atoms with Gasteiger partial charge in [0.2, 0.25) is 0 Å². The van der Waals surface area contributed by atoms with Crippen molar-refractivity contribution in [3.8, 4) is 5.75 Å². The Morgan fingerprint density at radius 1 is 1.19 bits per heavy atom. The second kappa shape index (κ2) is 8.77. The van der Waals surface area contributed by atoms with E-state index in [0.29, 0.717) is 0 Å². The van der Waals surface area contributed by atoms with Crippen molar-refractivity contribution in [3.05, 3.63) is 63.4 Å². The van der Waals surface area contributed by atoms with E-state index in [9.17, 15) is 24.1 Å². The highest BCUT2D eigenvalue weighted by Gasteiger charge is 2.17.